The summed E-state index contributed by atoms with van der Waals surface area (Å²) >= 11 is 0. The van der Waals surface area contributed by atoms with Crippen LogP contribution in [0.25, 0.3) is 72.7 Å². The highest BCUT2D eigenvalue weighted by atomic mass is 16.3. The second kappa shape index (κ2) is 14.4. The Bertz CT molecular complexity index is 2780. The molecule has 0 unspecified atom stereocenters. The number of nitrogens with zero attached hydrogens (tertiary/aromatic N) is 3. The van der Waals surface area contributed by atoms with Gasteiger partial charge in [0.25, 0.3) is 0 Å². The summed E-state index contributed by atoms with van der Waals surface area (Å²) in [5.74, 6) is 0.0579. The number of aromatic hydroxyl groups is 1. The molecule has 0 bridgehead atoms. The first kappa shape index (κ1) is 35.4. The third kappa shape index (κ3) is 6.92. The third-order valence-electron chi connectivity index (χ3n) is 10.8. The topological polar surface area (TPSA) is 50.9 Å². The maximum Gasteiger partial charge on any atom is 0.149 e. The van der Waals surface area contributed by atoms with Crippen LogP contribution in [0.2, 0.25) is 0 Å². The first-order valence-electron chi connectivity index (χ1n) is 19.9. The quantitative estimate of drug-likeness (QED) is 0.177. The van der Waals surface area contributed by atoms with E-state index >= 15 is 0 Å². The Hall–Kier alpha value is -6.26. The van der Waals surface area contributed by atoms with E-state index in [1.54, 1.807) is 0 Å². The van der Waals surface area contributed by atoms with Gasteiger partial charge in [-0.3, -0.25) is 9.55 Å². The molecule has 4 heteroatoms. The summed E-state index contributed by atoms with van der Waals surface area (Å²) in [6, 6.07) is 46.7. The van der Waals surface area contributed by atoms with Gasteiger partial charge in [-0.05, 0) is 125 Å². The molecule has 0 amide bonds. The fraction of sp³-hybridized carbons (Fsp3) is 0.192. The molecule has 1 N–H and O–H groups in total. The zero-order chi connectivity index (χ0) is 40.2. The van der Waals surface area contributed by atoms with E-state index in [0.717, 1.165) is 78.0 Å². The van der Waals surface area contributed by atoms with E-state index in [-0.39, 0.29) is 11.2 Å². The minimum absolute atomic E-state index is 0.138. The minimum Gasteiger partial charge on any atom is -0.507 e. The number of hydrogen-bond donors (Lipinski definition) is 1. The van der Waals surface area contributed by atoms with Gasteiger partial charge in [0.1, 0.15) is 11.6 Å². The Morgan fingerprint density at radius 2 is 1.38 bits per heavy atom. The van der Waals surface area contributed by atoms with Crippen LogP contribution >= 0.6 is 0 Å². The largest absolute Gasteiger partial charge is 0.507 e. The maximum absolute atomic E-state index is 11.7. The molecule has 0 radical (unpaired) electrons. The number of phenols is 1. The Morgan fingerprint density at radius 1 is 0.625 bits per heavy atom. The summed E-state index contributed by atoms with van der Waals surface area (Å²) in [5.41, 5.74) is 16.6. The van der Waals surface area contributed by atoms with Crippen LogP contribution in [0.1, 0.15) is 69.7 Å². The highest BCUT2D eigenvalue weighted by Gasteiger charge is 2.24. The smallest absolute Gasteiger partial charge is 0.149 e. The van der Waals surface area contributed by atoms with Crippen molar-refractivity contribution in [2.24, 2.45) is 0 Å². The second-order valence-corrected chi connectivity index (χ2v) is 16.4. The number of para-hydroxylation sites is 1. The molecule has 6 aromatic carbocycles. The van der Waals surface area contributed by atoms with E-state index in [2.05, 4.69) is 136 Å². The van der Waals surface area contributed by atoms with Crippen molar-refractivity contribution in [3.63, 3.8) is 0 Å². The first-order chi connectivity index (χ1) is 27.2. The average Bonchev–Trinajstić information content (AvgIpc) is 3.58. The monoisotopic (exact) mass is 732 g/mol. The molecule has 0 spiro atoms. The zero-order valence-electron chi connectivity index (χ0n) is 34.6. The lowest BCUT2D eigenvalue weighted by atomic mass is 9.83. The zero-order valence-corrected chi connectivity index (χ0v) is 33.6. The van der Waals surface area contributed by atoms with Crippen molar-refractivity contribution >= 4 is 11.0 Å². The normalized spacial score (nSPS) is 12.2. The SMILES string of the molecule is [2H]C(C)(C)c1ccc(-n2c(-c3cc(C)cc(C)c3O)nc3c(-c4cc(-c5cc(-c6ccc(C)cc6)ccn5)cc(C(C)(C)C)c4)cccc32)c(-c2ccccc2)c1. The molecule has 278 valence electrons. The van der Waals surface area contributed by atoms with Crippen LogP contribution < -0.4 is 0 Å². The fourth-order valence-electron chi connectivity index (χ4n) is 7.66. The van der Waals surface area contributed by atoms with Crippen molar-refractivity contribution in [3.8, 4) is 67.5 Å². The summed E-state index contributed by atoms with van der Waals surface area (Å²) in [6.45, 7) is 16.7. The van der Waals surface area contributed by atoms with Crippen LogP contribution in [0.5, 0.6) is 5.75 Å². The summed E-state index contributed by atoms with van der Waals surface area (Å²) in [4.78, 5) is 10.4. The number of fused-ring (bicyclic) bond motifs is 1. The van der Waals surface area contributed by atoms with Gasteiger partial charge in [0, 0.05) is 24.3 Å². The van der Waals surface area contributed by atoms with E-state index < -0.39 is 5.89 Å². The van der Waals surface area contributed by atoms with Crippen molar-refractivity contribution in [2.45, 2.75) is 66.7 Å². The van der Waals surface area contributed by atoms with Gasteiger partial charge in [0.2, 0.25) is 0 Å². The van der Waals surface area contributed by atoms with Crippen molar-refractivity contribution in [2.75, 3.05) is 0 Å². The Balaban J connectivity index is 1.41. The van der Waals surface area contributed by atoms with Gasteiger partial charge < -0.3 is 5.11 Å². The summed E-state index contributed by atoms with van der Waals surface area (Å²) in [5, 5.41) is 11.7. The molecule has 0 aliphatic rings. The Morgan fingerprint density at radius 3 is 2.11 bits per heavy atom. The fourth-order valence-corrected chi connectivity index (χ4v) is 7.66. The highest BCUT2D eigenvalue weighted by molar-refractivity contribution is 5.98. The van der Waals surface area contributed by atoms with Crippen molar-refractivity contribution in [1.29, 1.82) is 0 Å². The van der Waals surface area contributed by atoms with Crippen molar-refractivity contribution < 1.29 is 6.48 Å². The van der Waals surface area contributed by atoms with E-state index in [9.17, 15) is 5.11 Å². The lowest BCUT2D eigenvalue weighted by Crippen LogP contribution is -2.11. The predicted molar refractivity (Wildman–Crippen MR) is 235 cm³/mol. The molecule has 4 nitrogen and oxygen atoms in total. The molecule has 8 aromatic rings. The lowest BCUT2D eigenvalue weighted by molar-refractivity contribution is 0.472. The van der Waals surface area contributed by atoms with E-state index in [4.69, 9.17) is 11.3 Å². The molecule has 0 saturated carbocycles. The third-order valence-corrected chi connectivity index (χ3v) is 10.8. The minimum atomic E-state index is -0.800. The number of benzene rings is 6. The molecule has 8 rings (SSSR count). The number of rotatable bonds is 7. The number of aromatic nitrogens is 3. The number of aryl methyl sites for hydroxylation is 3. The summed E-state index contributed by atoms with van der Waals surface area (Å²) in [7, 11) is 0. The van der Waals surface area contributed by atoms with Gasteiger partial charge >= 0.3 is 0 Å². The molecule has 0 saturated heterocycles. The van der Waals surface area contributed by atoms with Crippen LogP contribution in [0.3, 0.4) is 0 Å². The van der Waals surface area contributed by atoms with Gasteiger partial charge in [0.15, 0.2) is 0 Å². The van der Waals surface area contributed by atoms with Crippen LogP contribution in [0.15, 0.2) is 140 Å². The Labute approximate surface area is 332 Å². The van der Waals surface area contributed by atoms with Gasteiger partial charge in [-0.15, -0.1) is 0 Å². The number of hydrogen-bond acceptors (Lipinski definition) is 3. The number of imidazole rings is 1. The van der Waals surface area contributed by atoms with Gasteiger partial charge in [-0.2, -0.15) is 0 Å². The first-order valence-corrected chi connectivity index (χ1v) is 19.4. The Kier molecular flexibility index (Phi) is 9.13. The van der Waals surface area contributed by atoms with Crippen LogP contribution in [0, 0.1) is 20.8 Å². The van der Waals surface area contributed by atoms with Crippen molar-refractivity contribution in [1.82, 2.24) is 14.5 Å². The van der Waals surface area contributed by atoms with Crippen molar-refractivity contribution in [3.05, 3.63) is 167 Å². The molecule has 2 aromatic heterocycles. The molecule has 0 aliphatic heterocycles. The predicted octanol–water partition coefficient (Wildman–Crippen LogP) is 13.8. The molecular weight excluding hydrogens is 683 g/mol. The van der Waals surface area contributed by atoms with Gasteiger partial charge in [-0.1, -0.05) is 125 Å². The standard InChI is InChI=1S/C52H49N3O/c1-32(2)38-21-22-47(44(30-38)37-13-10-9-11-14-37)55-48-16-12-15-43(49(48)54-51(55)45-26-34(4)25-35(5)50(45)56)40-27-41(29-42(28-40)52(6,7)8)46-31-39(23-24-53-46)36-19-17-33(3)18-20-36/h9-32,56H,1-8H3/i32D. The van der Waals surface area contributed by atoms with E-state index in [1.807, 2.05) is 63.4 Å². The van der Waals surface area contributed by atoms with E-state index in [0.29, 0.717) is 11.4 Å². The maximum atomic E-state index is 11.7. The number of phenolic OH excluding ortho intramolecular Hbond substituents is 1. The molecule has 0 fully saturated rings. The molecule has 0 aliphatic carbocycles. The summed E-state index contributed by atoms with van der Waals surface area (Å²) in [6.07, 6.45) is 1.90. The van der Waals surface area contributed by atoms with Gasteiger partial charge in [-0.25, -0.2) is 4.98 Å². The van der Waals surface area contributed by atoms with Crippen LogP contribution in [-0.4, -0.2) is 19.6 Å². The molecule has 0 atom stereocenters. The lowest BCUT2D eigenvalue weighted by Gasteiger charge is -2.22. The van der Waals surface area contributed by atoms with Crippen LogP contribution in [0.4, 0.5) is 0 Å². The number of pyridine rings is 1. The molecular formula is C52H49N3O. The summed E-state index contributed by atoms with van der Waals surface area (Å²) < 4.78 is 11.1. The average molecular weight is 733 g/mol. The van der Waals surface area contributed by atoms with Crippen LogP contribution in [-0.2, 0) is 5.41 Å². The second-order valence-electron chi connectivity index (χ2n) is 16.4. The van der Waals surface area contributed by atoms with Gasteiger partial charge in [0.05, 0.1) is 28.0 Å². The highest BCUT2D eigenvalue weighted by Crippen LogP contribution is 2.43. The molecule has 2 heterocycles. The van der Waals surface area contributed by atoms with E-state index in [1.165, 1.54) is 11.1 Å². The molecule has 56 heavy (non-hydrogen) atoms.